The molecule has 4 nitrogen and oxygen atoms in total. The first-order valence-corrected chi connectivity index (χ1v) is 6.31. The van der Waals surface area contributed by atoms with Gasteiger partial charge >= 0.3 is 0 Å². The lowest BCUT2D eigenvalue weighted by molar-refractivity contribution is 0.102. The van der Waals surface area contributed by atoms with Crippen LogP contribution in [-0.4, -0.2) is 20.8 Å². The third kappa shape index (κ3) is 2.17. The van der Waals surface area contributed by atoms with Gasteiger partial charge in [-0.2, -0.15) is 0 Å². The van der Waals surface area contributed by atoms with Gasteiger partial charge in [-0.3, -0.25) is 4.79 Å². The van der Waals surface area contributed by atoms with Crippen molar-refractivity contribution in [1.29, 1.82) is 0 Å². The molecule has 1 heterocycles. The van der Waals surface area contributed by atoms with E-state index in [9.17, 15) is 4.79 Å². The Labute approximate surface area is 114 Å². The van der Waals surface area contributed by atoms with Gasteiger partial charge in [-0.1, -0.05) is 21.1 Å². The van der Waals surface area contributed by atoms with Crippen LogP contribution >= 0.6 is 38.5 Å². The highest BCUT2D eigenvalue weighted by Crippen LogP contribution is 2.20. The highest BCUT2D eigenvalue weighted by atomic mass is 127. The highest BCUT2D eigenvalue weighted by Gasteiger charge is 2.16. The molecule has 0 bridgehead atoms. The molecule has 82 valence electrons. The largest absolute Gasteiger partial charge is 0.287 e. The summed E-state index contributed by atoms with van der Waals surface area (Å²) in [6.07, 6.45) is 1.47. The van der Waals surface area contributed by atoms with E-state index < -0.39 is 0 Å². The molecule has 0 saturated carbocycles. The number of benzene rings is 1. The maximum Gasteiger partial charge on any atom is 0.213 e. The van der Waals surface area contributed by atoms with Crippen LogP contribution in [0.25, 0.3) is 0 Å². The molecule has 2 aromatic rings. The zero-order valence-corrected chi connectivity index (χ0v) is 12.1. The number of rotatable bonds is 2. The molecule has 1 aromatic heterocycles. The zero-order chi connectivity index (χ0) is 11.7. The number of hydrogen-bond donors (Lipinski definition) is 0. The van der Waals surface area contributed by atoms with E-state index in [4.69, 9.17) is 0 Å². The van der Waals surface area contributed by atoms with Crippen molar-refractivity contribution in [3.05, 3.63) is 43.7 Å². The summed E-state index contributed by atoms with van der Waals surface area (Å²) >= 11 is 5.49. The molecule has 6 heteroatoms. The Hall–Kier alpha value is -0.760. The van der Waals surface area contributed by atoms with Crippen LogP contribution in [0, 0.1) is 3.57 Å². The van der Waals surface area contributed by atoms with Crippen LogP contribution in [0.3, 0.4) is 0 Å². The number of halogens is 2. The van der Waals surface area contributed by atoms with Gasteiger partial charge in [-0.15, -0.1) is 5.10 Å². The fourth-order valence-electron chi connectivity index (χ4n) is 1.30. The van der Waals surface area contributed by atoms with Crippen LogP contribution in [0.4, 0.5) is 0 Å². The third-order valence-electron chi connectivity index (χ3n) is 2.12. The van der Waals surface area contributed by atoms with E-state index in [1.54, 1.807) is 13.1 Å². The third-order valence-corrected chi connectivity index (χ3v) is 3.55. The Morgan fingerprint density at radius 2 is 2.25 bits per heavy atom. The number of aromatic nitrogens is 3. The first kappa shape index (κ1) is 11.7. The summed E-state index contributed by atoms with van der Waals surface area (Å²) in [4.78, 5) is 12.2. The summed E-state index contributed by atoms with van der Waals surface area (Å²) in [5.74, 6) is -0.0711. The second-order valence-corrected chi connectivity index (χ2v) is 5.27. The van der Waals surface area contributed by atoms with Crippen LogP contribution in [0.5, 0.6) is 0 Å². The SMILES string of the molecule is Cn1nncc1C(=O)c1cc(Br)ccc1I. The second-order valence-electron chi connectivity index (χ2n) is 3.20. The molecule has 0 spiro atoms. The normalized spacial score (nSPS) is 10.4. The van der Waals surface area contributed by atoms with Crippen LogP contribution in [0.15, 0.2) is 28.9 Å². The molecule has 0 amide bonds. The fourth-order valence-corrected chi connectivity index (χ4v) is 2.25. The molecule has 16 heavy (non-hydrogen) atoms. The second kappa shape index (κ2) is 4.62. The molecule has 2 rings (SSSR count). The van der Waals surface area contributed by atoms with E-state index in [1.807, 2.05) is 12.1 Å². The number of carbonyl (C=O) groups excluding carboxylic acids is 1. The minimum Gasteiger partial charge on any atom is -0.287 e. The highest BCUT2D eigenvalue weighted by molar-refractivity contribution is 14.1. The van der Waals surface area contributed by atoms with E-state index in [1.165, 1.54) is 10.9 Å². The lowest BCUT2D eigenvalue weighted by atomic mass is 10.1. The van der Waals surface area contributed by atoms with Crippen molar-refractivity contribution in [2.75, 3.05) is 0 Å². The summed E-state index contributed by atoms with van der Waals surface area (Å²) in [5.41, 5.74) is 1.14. The van der Waals surface area contributed by atoms with Gasteiger partial charge < -0.3 is 0 Å². The predicted molar refractivity (Wildman–Crippen MR) is 71.3 cm³/mol. The molecule has 0 atom stereocenters. The van der Waals surface area contributed by atoms with Gasteiger partial charge in [0.25, 0.3) is 0 Å². The van der Waals surface area contributed by atoms with E-state index in [0.717, 1.165) is 8.04 Å². The fraction of sp³-hybridized carbons (Fsp3) is 0.100. The minimum atomic E-state index is -0.0711. The van der Waals surface area contributed by atoms with Crippen LogP contribution in [-0.2, 0) is 7.05 Å². The first-order valence-electron chi connectivity index (χ1n) is 4.44. The topological polar surface area (TPSA) is 47.8 Å². The Balaban J connectivity index is 2.49. The summed E-state index contributed by atoms with van der Waals surface area (Å²) in [6.45, 7) is 0. The van der Waals surface area contributed by atoms with Crippen molar-refractivity contribution < 1.29 is 4.79 Å². The Bertz CT molecular complexity index is 553. The van der Waals surface area contributed by atoms with Crippen molar-refractivity contribution in [3.63, 3.8) is 0 Å². The minimum absolute atomic E-state index is 0.0711. The molecule has 0 aliphatic carbocycles. The lowest BCUT2D eigenvalue weighted by Crippen LogP contribution is -2.09. The average Bonchev–Trinajstić information content (AvgIpc) is 2.67. The van der Waals surface area contributed by atoms with Gasteiger partial charge in [-0.25, -0.2) is 4.68 Å². The first-order chi connectivity index (χ1) is 7.59. The summed E-state index contributed by atoms with van der Waals surface area (Å²) < 4.78 is 3.26. The Morgan fingerprint density at radius 3 is 2.88 bits per heavy atom. The summed E-state index contributed by atoms with van der Waals surface area (Å²) in [5, 5.41) is 7.45. The van der Waals surface area contributed by atoms with Gasteiger partial charge in [0.05, 0.1) is 6.20 Å². The molecule has 0 unspecified atom stereocenters. The van der Waals surface area contributed by atoms with Crippen LogP contribution in [0.1, 0.15) is 16.1 Å². The van der Waals surface area contributed by atoms with Crippen molar-refractivity contribution in [3.8, 4) is 0 Å². The Kier molecular flexibility index (Phi) is 3.38. The smallest absolute Gasteiger partial charge is 0.213 e. The molecular formula is C10H7BrIN3O. The van der Waals surface area contributed by atoms with Gasteiger partial charge in [0.15, 0.2) is 0 Å². The maximum atomic E-state index is 12.2. The molecule has 0 radical (unpaired) electrons. The molecule has 0 N–H and O–H groups in total. The summed E-state index contributed by atoms with van der Waals surface area (Å²) in [6, 6.07) is 5.60. The quantitative estimate of drug-likeness (QED) is 0.583. The number of carbonyl (C=O) groups is 1. The monoisotopic (exact) mass is 391 g/mol. The van der Waals surface area contributed by atoms with Crippen LogP contribution < -0.4 is 0 Å². The van der Waals surface area contributed by atoms with Crippen molar-refractivity contribution in [2.24, 2.45) is 7.05 Å². The molecule has 0 saturated heterocycles. The van der Waals surface area contributed by atoms with Gasteiger partial charge in [-0.05, 0) is 40.8 Å². The van der Waals surface area contributed by atoms with E-state index >= 15 is 0 Å². The predicted octanol–water partition coefficient (Wildman–Crippen LogP) is 2.41. The van der Waals surface area contributed by atoms with E-state index in [2.05, 4.69) is 48.8 Å². The lowest BCUT2D eigenvalue weighted by Gasteiger charge is -2.03. The van der Waals surface area contributed by atoms with Gasteiger partial charge in [0, 0.05) is 20.7 Å². The standard InChI is InChI=1S/C10H7BrIN3O/c1-15-9(5-13-14-15)10(16)7-4-6(11)2-3-8(7)12/h2-5H,1H3. The average molecular weight is 392 g/mol. The van der Waals surface area contributed by atoms with E-state index in [0.29, 0.717) is 11.3 Å². The molecule has 0 aliphatic heterocycles. The molecular weight excluding hydrogens is 385 g/mol. The Morgan fingerprint density at radius 1 is 1.50 bits per heavy atom. The van der Waals surface area contributed by atoms with Gasteiger partial charge in [0.1, 0.15) is 5.69 Å². The number of aryl methyl sites for hydroxylation is 1. The van der Waals surface area contributed by atoms with E-state index in [-0.39, 0.29) is 5.78 Å². The van der Waals surface area contributed by atoms with Gasteiger partial charge in [0.2, 0.25) is 5.78 Å². The van der Waals surface area contributed by atoms with Crippen molar-refractivity contribution in [2.45, 2.75) is 0 Å². The molecule has 0 fully saturated rings. The van der Waals surface area contributed by atoms with Crippen LogP contribution in [0.2, 0.25) is 0 Å². The zero-order valence-electron chi connectivity index (χ0n) is 8.32. The molecule has 0 aliphatic rings. The summed E-state index contributed by atoms with van der Waals surface area (Å²) in [7, 11) is 1.70. The maximum absolute atomic E-state index is 12.2. The van der Waals surface area contributed by atoms with Crippen molar-refractivity contribution >= 4 is 44.3 Å². The molecule has 1 aromatic carbocycles. The number of nitrogens with zero attached hydrogens (tertiary/aromatic N) is 3. The van der Waals surface area contributed by atoms with Crippen molar-refractivity contribution in [1.82, 2.24) is 15.0 Å². The number of hydrogen-bond acceptors (Lipinski definition) is 3. The number of ketones is 1.